The van der Waals surface area contributed by atoms with Crippen LogP contribution in [0.1, 0.15) is 57.9 Å². The van der Waals surface area contributed by atoms with Crippen molar-refractivity contribution in [2.24, 2.45) is 10.9 Å². The molecule has 1 aromatic rings. The minimum absolute atomic E-state index is 0.311. The van der Waals surface area contributed by atoms with E-state index in [4.69, 9.17) is 9.47 Å². The lowest BCUT2D eigenvalue weighted by atomic mass is 9.89. The van der Waals surface area contributed by atoms with Crippen LogP contribution in [0.4, 0.5) is 0 Å². The highest BCUT2D eigenvalue weighted by Crippen LogP contribution is 2.26. The zero-order chi connectivity index (χ0) is 19.8. The summed E-state index contributed by atoms with van der Waals surface area (Å²) in [6.45, 7) is 7.87. The van der Waals surface area contributed by atoms with E-state index in [2.05, 4.69) is 40.1 Å². The Labute approximate surface area is 169 Å². The standard InChI is InChI=1S/C22H36N4O2/c1-4-27-19-10-13-26(14-11-19)22(23-3)25-16-18-9-12-24-21(15-18)28-20-7-5-17(2)6-8-20/h9,12,15,17,19-20H,4-8,10-11,13-14,16H2,1-3H3,(H,23,25). The van der Waals surface area contributed by atoms with Gasteiger partial charge in [-0.25, -0.2) is 4.98 Å². The normalized spacial score (nSPS) is 24.2. The van der Waals surface area contributed by atoms with Crippen molar-refractivity contribution in [2.75, 3.05) is 26.7 Å². The summed E-state index contributed by atoms with van der Waals surface area (Å²) in [5, 5.41) is 3.49. The first-order chi connectivity index (χ1) is 13.7. The molecule has 156 valence electrons. The molecule has 2 fully saturated rings. The van der Waals surface area contributed by atoms with Crippen LogP contribution < -0.4 is 10.1 Å². The quantitative estimate of drug-likeness (QED) is 0.596. The average Bonchev–Trinajstić information content (AvgIpc) is 2.72. The number of aliphatic imine (C=N–C) groups is 1. The molecule has 1 N–H and O–H groups in total. The average molecular weight is 389 g/mol. The smallest absolute Gasteiger partial charge is 0.213 e. The molecule has 6 heteroatoms. The van der Waals surface area contributed by atoms with E-state index in [0.717, 1.165) is 69.7 Å². The van der Waals surface area contributed by atoms with Crippen molar-refractivity contribution in [3.63, 3.8) is 0 Å². The van der Waals surface area contributed by atoms with E-state index in [1.165, 1.54) is 18.4 Å². The number of hydrogen-bond acceptors (Lipinski definition) is 4. The van der Waals surface area contributed by atoms with E-state index in [9.17, 15) is 0 Å². The van der Waals surface area contributed by atoms with Crippen molar-refractivity contribution in [2.45, 2.75) is 71.1 Å². The molecule has 1 aliphatic heterocycles. The fraction of sp³-hybridized carbons (Fsp3) is 0.727. The molecule has 0 unspecified atom stereocenters. The highest BCUT2D eigenvalue weighted by molar-refractivity contribution is 5.79. The van der Waals surface area contributed by atoms with Crippen LogP contribution in [0.15, 0.2) is 23.3 Å². The first-order valence-corrected chi connectivity index (χ1v) is 10.9. The molecule has 3 rings (SSSR count). The third-order valence-corrected chi connectivity index (χ3v) is 5.86. The van der Waals surface area contributed by atoms with Gasteiger partial charge in [0.2, 0.25) is 5.88 Å². The van der Waals surface area contributed by atoms with E-state index in [1.807, 2.05) is 19.3 Å². The van der Waals surface area contributed by atoms with Gasteiger partial charge in [-0.05, 0) is 63.0 Å². The number of ether oxygens (including phenoxy) is 2. The van der Waals surface area contributed by atoms with Gasteiger partial charge in [0.25, 0.3) is 0 Å². The molecule has 0 radical (unpaired) electrons. The molecule has 0 aromatic carbocycles. The van der Waals surface area contributed by atoms with Gasteiger partial charge in [0.15, 0.2) is 5.96 Å². The van der Waals surface area contributed by atoms with Gasteiger partial charge in [0.05, 0.1) is 6.10 Å². The SMILES string of the molecule is CCOC1CCN(C(=NC)NCc2ccnc(OC3CCC(C)CC3)c2)CC1. The van der Waals surface area contributed by atoms with Gasteiger partial charge in [0.1, 0.15) is 6.10 Å². The van der Waals surface area contributed by atoms with E-state index >= 15 is 0 Å². The zero-order valence-corrected chi connectivity index (χ0v) is 17.7. The summed E-state index contributed by atoms with van der Waals surface area (Å²) in [5.41, 5.74) is 1.17. The molecule has 2 aliphatic rings. The van der Waals surface area contributed by atoms with Crippen LogP contribution >= 0.6 is 0 Å². The highest BCUT2D eigenvalue weighted by Gasteiger charge is 2.22. The van der Waals surface area contributed by atoms with E-state index in [-0.39, 0.29) is 0 Å². The Bertz CT molecular complexity index is 621. The number of guanidine groups is 1. The summed E-state index contributed by atoms with van der Waals surface area (Å²) >= 11 is 0. The molecule has 1 aliphatic carbocycles. The maximum Gasteiger partial charge on any atom is 0.213 e. The molecule has 0 spiro atoms. The molecule has 1 saturated carbocycles. The summed E-state index contributed by atoms with van der Waals surface area (Å²) in [6, 6.07) is 4.09. The van der Waals surface area contributed by atoms with Crippen LogP contribution in [-0.4, -0.2) is 54.8 Å². The molecule has 0 atom stereocenters. The van der Waals surface area contributed by atoms with Gasteiger partial charge < -0.3 is 19.7 Å². The molecule has 0 bridgehead atoms. The number of piperidine rings is 1. The molecular weight excluding hydrogens is 352 g/mol. The van der Waals surface area contributed by atoms with E-state index in [0.29, 0.717) is 12.2 Å². The number of aromatic nitrogens is 1. The van der Waals surface area contributed by atoms with Crippen molar-refractivity contribution in [1.82, 2.24) is 15.2 Å². The molecule has 2 heterocycles. The topological polar surface area (TPSA) is 59.0 Å². The highest BCUT2D eigenvalue weighted by atomic mass is 16.5. The summed E-state index contributed by atoms with van der Waals surface area (Å²) in [5.74, 6) is 2.52. The Morgan fingerprint density at radius 3 is 2.61 bits per heavy atom. The number of pyridine rings is 1. The molecule has 1 saturated heterocycles. The predicted molar refractivity (Wildman–Crippen MR) is 113 cm³/mol. The van der Waals surface area contributed by atoms with Gasteiger partial charge in [-0.3, -0.25) is 4.99 Å². The molecular formula is C22H36N4O2. The minimum Gasteiger partial charge on any atom is -0.474 e. The lowest BCUT2D eigenvalue weighted by Gasteiger charge is -2.34. The Hall–Kier alpha value is -1.82. The molecule has 28 heavy (non-hydrogen) atoms. The monoisotopic (exact) mass is 388 g/mol. The summed E-state index contributed by atoms with van der Waals surface area (Å²) in [7, 11) is 1.85. The minimum atomic E-state index is 0.311. The first kappa shape index (κ1) is 20.9. The Morgan fingerprint density at radius 1 is 1.18 bits per heavy atom. The van der Waals surface area contributed by atoms with Crippen LogP contribution in [0.3, 0.4) is 0 Å². The van der Waals surface area contributed by atoms with Crippen LogP contribution in [-0.2, 0) is 11.3 Å². The second kappa shape index (κ2) is 10.6. The zero-order valence-electron chi connectivity index (χ0n) is 17.7. The van der Waals surface area contributed by atoms with Gasteiger partial charge in [-0.2, -0.15) is 0 Å². The Kier molecular flexibility index (Phi) is 7.95. The number of rotatable bonds is 6. The summed E-state index contributed by atoms with van der Waals surface area (Å²) in [6.07, 6.45) is 9.43. The lowest BCUT2D eigenvalue weighted by molar-refractivity contribution is 0.0263. The van der Waals surface area contributed by atoms with Gasteiger partial charge in [-0.15, -0.1) is 0 Å². The van der Waals surface area contributed by atoms with Crippen LogP contribution in [0.5, 0.6) is 5.88 Å². The summed E-state index contributed by atoms with van der Waals surface area (Å²) < 4.78 is 11.9. The Morgan fingerprint density at radius 2 is 1.93 bits per heavy atom. The number of hydrogen-bond donors (Lipinski definition) is 1. The van der Waals surface area contributed by atoms with Crippen molar-refractivity contribution >= 4 is 5.96 Å². The van der Waals surface area contributed by atoms with Crippen molar-refractivity contribution in [3.8, 4) is 5.88 Å². The third-order valence-electron chi connectivity index (χ3n) is 5.86. The Balaban J connectivity index is 1.48. The van der Waals surface area contributed by atoms with E-state index in [1.54, 1.807) is 0 Å². The number of nitrogens with zero attached hydrogens (tertiary/aromatic N) is 3. The van der Waals surface area contributed by atoms with Crippen LogP contribution in [0.25, 0.3) is 0 Å². The van der Waals surface area contributed by atoms with Crippen LogP contribution in [0.2, 0.25) is 0 Å². The fourth-order valence-corrected chi connectivity index (χ4v) is 4.13. The van der Waals surface area contributed by atoms with Crippen molar-refractivity contribution in [1.29, 1.82) is 0 Å². The molecule has 1 aromatic heterocycles. The number of nitrogens with one attached hydrogen (secondary N) is 1. The van der Waals surface area contributed by atoms with Crippen molar-refractivity contribution < 1.29 is 9.47 Å². The third kappa shape index (κ3) is 6.09. The van der Waals surface area contributed by atoms with Gasteiger partial charge in [-0.1, -0.05) is 6.92 Å². The second-order valence-corrected chi connectivity index (χ2v) is 8.04. The first-order valence-electron chi connectivity index (χ1n) is 10.9. The maximum absolute atomic E-state index is 6.14. The maximum atomic E-state index is 6.14. The summed E-state index contributed by atoms with van der Waals surface area (Å²) in [4.78, 5) is 11.2. The van der Waals surface area contributed by atoms with Crippen LogP contribution in [0, 0.1) is 5.92 Å². The van der Waals surface area contributed by atoms with Gasteiger partial charge in [0, 0.05) is 45.6 Å². The fourth-order valence-electron chi connectivity index (χ4n) is 4.13. The molecule has 0 amide bonds. The lowest BCUT2D eigenvalue weighted by Crippen LogP contribution is -2.46. The predicted octanol–water partition coefficient (Wildman–Crippen LogP) is 3.62. The van der Waals surface area contributed by atoms with Gasteiger partial charge >= 0.3 is 0 Å². The largest absolute Gasteiger partial charge is 0.474 e. The molecule has 6 nitrogen and oxygen atoms in total. The second-order valence-electron chi connectivity index (χ2n) is 8.04. The van der Waals surface area contributed by atoms with Crippen molar-refractivity contribution in [3.05, 3.63) is 23.9 Å². The van der Waals surface area contributed by atoms with E-state index < -0.39 is 0 Å². The number of likely N-dealkylation sites (tertiary alicyclic amines) is 1.